The summed E-state index contributed by atoms with van der Waals surface area (Å²) in [5.74, 6) is 0.812. The number of hydrogen-bond acceptors (Lipinski definition) is 5. The molecule has 21 heavy (non-hydrogen) atoms. The Labute approximate surface area is 123 Å². The Morgan fingerprint density at radius 2 is 1.95 bits per heavy atom. The third-order valence-electron chi connectivity index (χ3n) is 2.98. The lowest BCUT2D eigenvalue weighted by molar-refractivity contribution is -0.133. The van der Waals surface area contributed by atoms with E-state index in [9.17, 15) is 9.59 Å². The lowest BCUT2D eigenvalue weighted by Crippen LogP contribution is -2.24. The molecule has 0 radical (unpaired) electrons. The van der Waals surface area contributed by atoms with E-state index in [1.807, 2.05) is 0 Å². The zero-order chi connectivity index (χ0) is 15.1. The first-order chi connectivity index (χ1) is 10.2. The van der Waals surface area contributed by atoms with Crippen molar-refractivity contribution in [1.82, 2.24) is 5.48 Å². The molecule has 1 aliphatic heterocycles. The van der Waals surface area contributed by atoms with Crippen LogP contribution in [-0.4, -0.2) is 31.5 Å². The SMILES string of the molecule is CCONC(=O)CCC(=O)c1ccc2c(c1)OCCCO2. The fraction of sp³-hybridized carbons (Fsp3) is 0.467. The Morgan fingerprint density at radius 3 is 2.71 bits per heavy atom. The normalized spacial score (nSPS) is 13.4. The monoisotopic (exact) mass is 293 g/mol. The maximum Gasteiger partial charge on any atom is 0.243 e. The molecule has 0 aromatic heterocycles. The van der Waals surface area contributed by atoms with Crippen LogP contribution in [0.2, 0.25) is 0 Å². The van der Waals surface area contributed by atoms with Gasteiger partial charge in [0.1, 0.15) is 0 Å². The van der Waals surface area contributed by atoms with E-state index < -0.39 is 0 Å². The summed E-state index contributed by atoms with van der Waals surface area (Å²) < 4.78 is 11.1. The predicted octanol–water partition coefficient (Wildman–Crippen LogP) is 1.88. The van der Waals surface area contributed by atoms with Crippen molar-refractivity contribution < 1.29 is 23.9 Å². The van der Waals surface area contributed by atoms with Gasteiger partial charge in [0.25, 0.3) is 0 Å². The molecule has 0 aliphatic carbocycles. The van der Waals surface area contributed by atoms with Crippen LogP contribution in [0.15, 0.2) is 18.2 Å². The van der Waals surface area contributed by atoms with Crippen LogP contribution in [-0.2, 0) is 9.63 Å². The van der Waals surface area contributed by atoms with Gasteiger partial charge in [-0.25, -0.2) is 5.48 Å². The van der Waals surface area contributed by atoms with Crippen molar-refractivity contribution in [3.8, 4) is 11.5 Å². The summed E-state index contributed by atoms with van der Waals surface area (Å²) in [6.07, 6.45) is 1.03. The van der Waals surface area contributed by atoms with Crippen molar-refractivity contribution in [2.75, 3.05) is 19.8 Å². The van der Waals surface area contributed by atoms with Gasteiger partial charge in [-0.1, -0.05) is 0 Å². The highest BCUT2D eigenvalue weighted by Crippen LogP contribution is 2.30. The van der Waals surface area contributed by atoms with Gasteiger partial charge in [0.05, 0.1) is 19.8 Å². The number of ketones is 1. The molecule has 6 heteroatoms. The molecule has 2 rings (SSSR count). The van der Waals surface area contributed by atoms with Crippen LogP contribution < -0.4 is 15.0 Å². The van der Waals surface area contributed by atoms with Crippen molar-refractivity contribution in [2.24, 2.45) is 0 Å². The van der Waals surface area contributed by atoms with E-state index in [1.54, 1.807) is 25.1 Å². The Hall–Kier alpha value is -2.08. The molecule has 0 saturated carbocycles. The molecule has 1 heterocycles. The second-order valence-electron chi connectivity index (χ2n) is 4.59. The van der Waals surface area contributed by atoms with Gasteiger partial charge in [-0.2, -0.15) is 0 Å². The van der Waals surface area contributed by atoms with E-state index in [2.05, 4.69) is 5.48 Å². The number of nitrogens with one attached hydrogen (secondary N) is 1. The van der Waals surface area contributed by atoms with Crippen LogP contribution in [0.1, 0.15) is 36.5 Å². The zero-order valence-electron chi connectivity index (χ0n) is 12.0. The maximum atomic E-state index is 12.1. The number of hydroxylamine groups is 1. The number of ether oxygens (including phenoxy) is 2. The molecule has 1 aromatic rings. The smallest absolute Gasteiger partial charge is 0.243 e. The van der Waals surface area contributed by atoms with Gasteiger partial charge in [-0.3, -0.25) is 14.4 Å². The van der Waals surface area contributed by atoms with Crippen molar-refractivity contribution in [2.45, 2.75) is 26.2 Å². The van der Waals surface area contributed by atoms with Gasteiger partial charge in [-0.05, 0) is 25.1 Å². The Kier molecular flexibility index (Phi) is 5.57. The quantitative estimate of drug-likeness (QED) is 0.640. The highest BCUT2D eigenvalue weighted by molar-refractivity contribution is 5.98. The highest BCUT2D eigenvalue weighted by atomic mass is 16.6. The van der Waals surface area contributed by atoms with Crippen molar-refractivity contribution in [3.63, 3.8) is 0 Å². The van der Waals surface area contributed by atoms with E-state index in [-0.39, 0.29) is 24.5 Å². The molecule has 0 fully saturated rings. The van der Waals surface area contributed by atoms with Gasteiger partial charge in [0.15, 0.2) is 17.3 Å². The number of hydrogen-bond donors (Lipinski definition) is 1. The summed E-state index contributed by atoms with van der Waals surface area (Å²) >= 11 is 0. The van der Waals surface area contributed by atoms with E-state index >= 15 is 0 Å². The van der Waals surface area contributed by atoms with Gasteiger partial charge < -0.3 is 9.47 Å². The average Bonchev–Trinajstić information content (AvgIpc) is 2.74. The molecular weight excluding hydrogens is 274 g/mol. The van der Waals surface area contributed by atoms with Crippen LogP contribution in [0.4, 0.5) is 0 Å². The highest BCUT2D eigenvalue weighted by Gasteiger charge is 2.15. The van der Waals surface area contributed by atoms with Crippen molar-refractivity contribution in [1.29, 1.82) is 0 Å². The Morgan fingerprint density at radius 1 is 1.19 bits per heavy atom. The predicted molar refractivity (Wildman–Crippen MR) is 75.4 cm³/mol. The molecule has 6 nitrogen and oxygen atoms in total. The summed E-state index contributed by atoms with van der Waals surface area (Å²) in [6, 6.07) is 5.09. The van der Waals surface area contributed by atoms with E-state index in [0.29, 0.717) is 36.9 Å². The lowest BCUT2D eigenvalue weighted by Gasteiger charge is -2.09. The van der Waals surface area contributed by atoms with E-state index in [1.165, 1.54) is 0 Å². The van der Waals surface area contributed by atoms with Crippen molar-refractivity contribution >= 4 is 11.7 Å². The summed E-state index contributed by atoms with van der Waals surface area (Å²) in [5.41, 5.74) is 2.78. The van der Waals surface area contributed by atoms with E-state index in [4.69, 9.17) is 14.3 Å². The second kappa shape index (κ2) is 7.64. The third-order valence-corrected chi connectivity index (χ3v) is 2.98. The number of rotatable bonds is 6. The van der Waals surface area contributed by atoms with Crippen LogP contribution in [0.3, 0.4) is 0 Å². The number of carbonyl (C=O) groups is 2. The van der Waals surface area contributed by atoms with Crippen molar-refractivity contribution in [3.05, 3.63) is 23.8 Å². The van der Waals surface area contributed by atoms with E-state index in [0.717, 1.165) is 6.42 Å². The minimum absolute atomic E-state index is 0.0906. The summed E-state index contributed by atoms with van der Waals surface area (Å²) in [5, 5.41) is 0. The number of amides is 1. The largest absolute Gasteiger partial charge is 0.490 e. The maximum absolute atomic E-state index is 12.1. The zero-order valence-corrected chi connectivity index (χ0v) is 12.0. The average molecular weight is 293 g/mol. The summed E-state index contributed by atoms with van der Waals surface area (Å²) in [6.45, 7) is 3.34. The van der Waals surface area contributed by atoms with Gasteiger partial charge in [0.2, 0.25) is 5.91 Å². The van der Waals surface area contributed by atoms with Crippen LogP contribution >= 0.6 is 0 Å². The molecule has 0 atom stereocenters. The molecule has 1 aliphatic rings. The minimum Gasteiger partial charge on any atom is -0.490 e. The first kappa shape index (κ1) is 15.3. The Bertz CT molecular complexity index is 515. The van der Waals surface area contributed by atoms with Gasteiger partial charge >= 0.3 is 0 Å². The molecule has 114 valence electrons. The second-order valence-corrected chi connectivity index (χ2v) is 4.59. The molecule has 0 saturated heterocycles. The molecule has 0 bridgehead atoms. The third kappa shape index (κ3) is 4.46. The minimum atomic E-state index is -0.306. The number of fused-ring (bicyclic) bond motifs is 1. The molecule has 1 aromatic carbocycles. The van der Waals surface area contributed by atoms with Gasteiger partial charge in [-0.15, -0.1) is 0 Å². The van der Waals surface area contributed by atoms with Crippen LogP contribution in [0.25, 0.3) is 0 Å². The lowest BCUT2D eigenvalue weighted by atomic mass is 10.1. The van der Waals surface area contributed by atoms with Crippen LogP contribution in [0.5, 0.6) is 11.5 Å². The standard InChI is InChI=1S/C15H19NO5/c1-2-21-16-15(18)7-5-12(17)11-4-6-13-14(10-11)20-9-3-8-19-13/h4,6,10H,2-3,5,7-9H2,1H3,(H,16,18). The Balaban J connectivity index is 1.93. The summed E-state index contributed by atoms with van der Waals surface area (Å²) in [7, 11) is 0. The summed E-state index contributed by atoms with van der Waals surface area (Å²) in [4.78, 5) is 28.2. The topological polar surface area (TPSA) is 73.9 Å². The molecule has 0 spiro atoms. The fourth-order valence-corrected chi connectivity index (χ4v) is 1.91. The molecular formula is C15H19NO5. The molecule has 1 N–H and O–H groups in total. The number of carbonyl (C=O) groups excluding carboxylic acids is 2. The first-order valence-electron chi connectivity index (χ1n) is 7.04. The number of benzene rings is 1. The first-order valence-corrected chi connectivity index (χ1v) is 7.04. The van der Waals surface area contributed by atoms with Crippen LogP contribution in [0, 0.1) is 0 Å². The van der Waals surface area contributed by atoms with Gasteiger partial charge in [0, 0.05) is 24.8 Å². The fourth-order valence-electron chi connectivity index (χ4n) is 1.91. The molecule has 0 unspecified atom stereocenters. The number of Topliss-reactive ketones (excluding diaryl/α,β-unsaturated/α-hetero) is 1. The molecule has 1 amide bonds.